The molecule has 1 aromatic carbocycles. The summed E-state index contributed by atoms with van der Waals surface area (Å²) in [5.41, 5.74) is 9.49. The van der Waals surface area contributed by atoms with E-state index in [1.165, 1.54) is 22.3 Å². The van der Waals surface area contributed by atoms with E-state index in [1.807, 2.05) is 26.8 Å². The van der Waals surface area contributed by atoms with Gasteiger partial charge in [0.25, 0.3) is 0 Å². The standard InChI is InChI=1S/C27H38N2.C2H6N2/c1-18(2)20(5)15-26(29-19(3)4)23(8)28-17-24-12-13-25(21(6)14-24)22(7)16-27(9,10)11;1-3-4-2/h12-15,28H,1,3,7-8,16-17H2,2,4-6,9-11H3;1-2H3/b20-15+,29-26?;. The molecular weight excluding hydrogens is 404 g/mol. The van der Waals surface area contributed by atoms with Gasteiger partial charge >= 0.3 is 0 Å². The maximum Gasteiger partial charge on any atom is 0.0860 e. The molecule has 0 radical (unpaired) electrons. The third-order valence-electron chi connectivity index (χ3n) is 4.77. The fourth-order valence-corrected chi connectivity index (χ4v) is 2.99. The molecular formula is C29H44N4. The van der Waals surface area contributed by atoms with Gasteiger partial charge in [-0.05, 0) is 73.4 Å². The Kier molecular flexibility index (Phi) is 12.9. The van der Waals surface area contributed by atoms with E-state index < -0.39 is 0 Å². The first-order chi connectivity index (χ1) is 15.2. The Bertz CT molecular complexity index is 946. The second-order valence-corrected chi connectivity index (χ2v) is 9.56. The lowest BCUT2D eigenvalue weighted by atomic mass is 9.84. The molecule has 180 valence electrons. The number of rotatable bonds is 9. The van der Waals surface area contributed by atoms with Gasteiger partial charge in [0, 0.05) is 26.3 Å². The lowest BCUT2D eigenvalue weighted by Gasteiger charge is -2.21. The molecule has 0 heterocycles. The monoisotopic (exact) mass is 448 g/mol. The molecule has 0 aliphatic rings. The maximum absolute atomic E-state index is 4.53. The van der Waals surface area contributed by atoms with E-state index in [-0.39, 0.29) is 5.41 Å². The van der Waals surface area contributed by atoms with Crippen LogP contribution in [0.2, 0.25) is 0 Å². The molecule has 33 heavy (non-hydrogen) atoms. The molecule has 0 unspecified atom stereocenters. The van der Waals surface area contributed by atoms with Crippen molar-refractivity contribution < 1.29 is 0 Å². The van der Waals surface area contributed by atoms with E-state index in [9.17, 15) is 0 Å². The van der Waals surface area contributed by atoms with Gasteiger partial charge in [0.05, 0.1) is 11.4 Å². The number of nitrogens with zero attached hydrogens (tertiary/aromatic N) is 3. The number of hydrogen-bond acceptors (Lipinski definition) is 4. The highest BCUT2D eigenvalue weighted by molar-refractivity contribution is 6.08. The number of nitrogens with one attached hydrogen (secondary N) is 1. The van der Waals surface area contributed by atoms with Gasteiger partial charge in [-0.1, -0.05) is 70.9 Å². The number of benzene rings is 1. The molecule has 1 aromatic rings. The normalized spacial score (nSPS) is 12.2. The van der Waals surface area contributed by atoms with Crippen molar-refractivity contribution in [1.82, 2.24) is 5.32 Å². The Hall–Kier alpha value is -3.01. The molecule has 0 bridgehead atoms. The van der Waals surface area contributed by atoms with Crippen LogP contribution in [0.25, 0.3) is 5.57 Å². The molecule has 1 rings (SSSR count). The maximum atomic E-state index is 4.53. The van der Waals surface area contributed by atoms with E-state index in [0.29, 0.717) is 6.54 Å². The molecule has 0 amide bonds. The van der Waals surface area contributed by atoms with Gasteiger partial charge in [0.15, 0.2) is 0 Å². The highest BCUT2D eigenvalue weighted by Crippen LogP contribution is 2.30. The first kappa shape index (κ1) is 30.0. The van der Waals surface area contributed by atoms with Crippen LogP contribution < -0.4 is 5.32 Å². The predicted octanol–water partition coefficient (Wildman–Crippen LogP) is 8.24. The fourth-order valence-electron chi connectivity index (χ4n) is 2.99. The SMILES string of the molecule is C=C(C)N=C(/C=C(\C)C(=C)C)C(=C)NCc1ccc(C(=C)CC(C)(C)C)c(C)c1.CN=NC. The molecule has 0 atom stereocenters. The fraction of sp³-hybridized carbons (Fsp3) is 0.414. The Morgan fingerprint density at radius 2 is 1.58 bits per heavy atom. The van der Waals surface area contributed by atoms with Crippen molar-refractivity contribution in [1.29, 1.82) is 0 Å². The molecule has 4 nitrogen and oxygen atoms in total. The molecule has 0 aliphatic heterocycles. The van der Waals surface area contributed by atoms with Crippen LogP contribution in [-0.2, 0) is 6.54 Å². The van der Waals surface area contributed by atoms with Gasteiger partial charge in [0.2, 0.25) is 0 Å². The highest BCUT2D eigenvalue weighted by atomic mass is 15.0. The average Bonchev–Trinajstić information content (AvgIpc) is 2.69. The second kappa shape index (κ2) is 14.2. The summed E-state index contributed by atoms with van der Waals surface area (Å²) in [4.78, 5) is 4.53. The Morgan fingerprint density at radius 1 is 1.00 bits per heavy atom. The Morgan fingerprint density at radius 3 is 2.00 bits per heavy atom. The summed E-state index contributed by atoms with van der Waals surface area (Å²) in [6.45, 7) is 31.8. The van der Waals surface area contributed by atoms with Crippen LogP contribution in [0.4, 0.5) is 0 Å². The summed E-state index contributed by atoms with van der Waals surface area (Å²) < 4.78 is 0. The van der Waals surface area contributed by atoms with Gasteiger partial charge in [-0.15, -0.1) is 0 Å². The third kappa shape index (κ3) is 12.6. The predicted molar refractivity (Wildman–Crippen MR) is 148 cm³/mol. The van der Waals surface area contributed by atoms with Crippen LogP contribution in [0.15, 0.2) is 88.4 Å². The number of hydrogen-bond donors (Lipinski definition) is 1. The van der Waals surface area contributed by atoms with Crippen molar-refractivity contribution in [3.05, 3.63) is 89.8 Å². The second-order valence-electron chi connectivity index (χ2n) is 9.56. The summed E-state index contributed by atoms with van der Waals surface area (Å²) in [5.74, 6) is 0. The van der Waals surface area contributed by atoms with Crippen LogP contribution in [0, 0.1) is 12.3 Å². The van der Waals surface area contributed by atoms with Crippen molar-refractivity contribution in [2.24, 2.45) is 20.6 Å². The number of aliphatic imine (C=N–C) groups is 1. The minimum atomic E-state index is 0.232. The number of azo groups is 1. The van der Waals surface area contributed by atoms with E-state index >= 15 is 0 Å². The zero-order chi connectivity index (χ0) is 25.8. The van der Waals surface area contributed by atoms with Crippen molar-refractivity contribution in [2.75, 3.05) is 14.1 Å². The molecule has 1 N–H and O–H groups in total. The number of aryl methyl sites for hydroxylation is 1. The number of allylic oxidation sites excluding steroid dienone is 5. The van der Waals surface area contributed by atoms with Crippen LogP contribution in [0.3, 0.4) is 0 Å². The van der Waals surface area contributed by atoms with Gasteiger partial charge < -0.3 is 5.32 Å². The molecule has 4 heteroatoms. The first-order valence-electron chi connectivity index (χ1n) is 11.2. The van der Waals surface area contributed by atoms with Gasteiger partial charge in [-0.3, -0.25) is 4.99 Å². The first-order valence-corrected chi connectivity index (χ1v) is 11.2. The zero-order valence-corrected chi connectivity index (χ0v) is 22.4. The molecule has 0 aliphatic carbocycles. The van der Waals surface area contributed by atoms with Crippen LogP contribution in [-0.4, -0.2) is 19.8 Å². The summed E-state index contributed by atoms with van der Waals surface area (Å²) in [7, 11) is 3.28. The van der Waals surface area contributed by atoms with Crippen LogP contribution >= 0.6 is 0 Å². The lowest BCUT2D eigenvalue weighted by molar-refractivity contribution is 0.427. The largest absolute Gasteiger partial charge is 0.380 e. The topological polar surface area (TPSA) is 49.1 Å². The highest BCUT2D eigenvalue weighted by Gasteiger charge is 2.14. The van der Waals surface area contributed by atoms with Crippen molar-refractivity contribution in [3.63, 3.8) is 0 Å². The molecule has 0 saturated carbocycles. The van der Waals surface area contributed by atoms with Crippen molar-refractivity contribution in [2.45, 2.75) is 61.4 Å². The average molecular weight is 449 g/mol. The summed E-state index contributed by atoms with van der Waals surface area (Å²) >= 11 is 0. The van der Waals surface area contributed by atoms with Crippen molar-refractivity contribution >= 4 is 11.3 Å². The summed E-state index contributed by atoms with van der Waals surface area (Å²) in [6, 6.07) is 6.55. The van der Waals surface area contributed by atoms with E-state index in [2.05, 4.69) is 92.7 Å². The molecule has 0 spiro atoms. The summed E-state index contributed by atoms with van der Waals surface area (Å²) in [5, 5.41) is 10.1. The lowest BCUT2D eigenvalue weighted by Crippen LogP contribution is -2.18. The minimum Gasteiger partial charge on any atom is -0.380 e. The summed E-state index contributed by atoms with van der Waals surface area (Å²) in [6.07, 6.45) is 2.98. The molecule has 0 fully saturated rings. The van der Waals surface area contributed by atoms with E-state index in [0.717, 1.165) is 34.7 Å². The van der Waals surface area contributed by atoms with Gasteiger partial charge in [0.1, 0.15) is 0 Å². The van der Waals surface area contributed by atoms with E-state index in [1.54, 1.807) is 14.1 Å². The van der Waals surface area contributed by atoms with Crippen LogP contribution in [0.5, 0.6) is 0 Å². The zero-order valence-electron chi connectivity index (χ0n) is 22.4. The van der Waals surface area contributed by atoms with Crippen LogP contribution in [0.1, 0.15) is 64.7 Å². The van der Waals surface area contributed by atoms with Crippen molar-refractivity contribution in [3.8, 4) is 0 Å². The molecule has 0 saturated heterocycles. The third-order valence-corrected chi connectivity index (χ3v) is 4.77. The Balaban J connectivity index is 0.00000235. The molecule has 0 aromatic heterocycles. The van der Waals surface area contributed by atoms with Gasteiger partial charge in [-0.25, -0.2) is 0 Å². The quantitative estimate of drug-likeness (QED) is 0.231. The van der Waals surface area contributed by atoms with E-state index in [4.69, 9.17) is 0 Å². The van der Waals surface area contributed by atoms with Gasteiger partial charge in [-0.2, -0.15) is 10.2 Å². The minimum absolute atomic E-state index is 0.232. The smallest absolute Gasteiger partial charge is 0.0860 e. The Labute approximate surface area is 202 Å².